The summed E-state index contributed by atoms with van der Waals surface area (Å²) in [6.07, 6.45) is -3.33. The highest BCUT2D eigenvalue weighted by Crippen LogP contribution is 2.27. The molecule has 5 atom stereocenters. The molecule has 0 bridgehead atoms. The normalized spacial score (nSPS) is 43.9. The van der Waals surface area contributed by atoms with Gasteiger partial charge in [0.2, 0.25) is 0 Å². The fraction of sp³-hybridized carbons (Fsp3) is 1.00. The third-order valence-corrected chi connectivity index (χ3v) is 3.67. The van der Waals surface area contributed by atoms with Gasteiger partial charge in [0, 0.05) is 6.61 Å². The third kappa shape index (κ3) is 2.56. The summed E-state index contributed by atoms with van der Waals surface area (Å²) in [5, 5.41) is 28.2. The van der Waals surface area contributed by atoms with Crippen molar-refractivity contribution < 1.29 is 24.8 Å². The van der Waals surface area contributed by atoms with E-state index in [9.17, 15) is 10.2 Å². The third-order valence-electron chi connectivity index (χ3n) is 2.13. The Morgan fingerprint density at radius 2 is 2.00 bits per heavy atom. The van der Waals surface area contributed by atoms with Crippen LogP contribution in [0.3, 0.4) is 0 Å². The van der Waals surface area contributed by atoms with E-state index >= 15 is 0 Å². The number of ether oxygens (including phenoxy) is 2. The highest BCUT2D eigenvalue weighted by Gasteiger charge is 2.43. The second-order valence-electron chi connectivity index (χ2n) is 3.11. The topological polar surface area (TPSA) is 79.2 Å². The van der Waals surface area contributed by atoms with Crippen LogP contribution in [0.5, 0.6) is 0 Å². The molecule has 0 aromatic heterocycles. The Bertz CT molecular complexity index is 175. The molecular formula is C8H15IO5. The molecule has 0 amide bonds. The van der Waals surface area contributed by atoms with Crippen LogP contribution in [0.1, 0.15) is 6.92 Å². The van der Waals surface area contributed by atoms with Crippen LogP contribution >= 0.6 is 22.6 Å². The summed E-state index contributed by atoms with van der Waals surface area (Å²) in [6, 6.07) is 0. The molecule has 0 aliphatic carbocycles. The van der Waals surface area contributed by atoms with Crippen molar-refractivity contribution in [2.24, 2.45) is 0 Å². The number of aliphatic hydroxyl groups excluding tert-OH is 3. The van der Waals surface area contributed by atoms with Crippen molar-refractivity contribution in [2.45, 2.75) is 35.5 Å². The molecule has 1 saturated heterocycles. The van der Waals surface area contributed by atoms with Gasteiger partial charge in [0.1, 0.15) is 6.10 Å². The minimum absolute atomic E-state index is 0.193. The smallest absolute Gasteiger partial charge is 0.186 e. The zero-order chi connectivity index (χ0) is 10.7. The van der Waals surface area contributed by atoms with E-state index in [0.29, 0.717) is 6.61 Å². The lowest BCUT2D eigenvalue weighted by Crippen LogP contribution is -2.56. The molecule has 1 fully saturated rings. The van der Waals surface area contributed by atoms with Gasteiger partial charge in [-0.3, -0.25) is 0 Å². The minimum atomic E-state index is -1.06. The van der Waals surface area contributed by atoms with Crippen molar-refractivity contribution in [3.8, 4) is 0 Å². The van der Waals surface area contributed by atoms with E-state index in [1.807, 2.05) is 22.6 Å². The van der Waals surface area contributed by atoms with Gasteiger partial charge in [-0.1, -0.05) is 22.6 Å². The molecule has 0 aromatic rings. The standard InChI is InChI=1S/C8H15IO5/c1-2-13-8-7(12)6(11)5(9)4(3-10)14-8/h4-8,10-12H,2-3H2,1H3/t4-,5-,6+,7+,8?/m1/s1/i9-4. The molecule has 0 spiro atoms. The molecule has 1 unspecified atom stereocenters. The van der Waals surface area contributed by atoms with Crippen LogP contribution in [0.25, 0.3) is 0 Å². The van der Waals surface area contributed by atoms with E-state index in [1.165, 1.54) is 0 Å². The summed E-state index contributed by atoms with van der Waals surface area (Å²) >= 11 is 1.95. The van der Waals surface area contributed by atoms with Crippen LogP contribution in [-0.4, -0.2) is 57.1 Å². The first-order chi connectivity index (χ1) is 6.61. The van der Waals surface area contributed by atoms with Crippen LogP contribution in [0.4, 0.5) is 0 Å². The molecule has 84 valence electrons. The largest absolute Gasteiger partial charge is 0.394 e. The fourth-order valence-corrected chi connectivity index (χ4v) is 2.17. The molecule has 3 N–H and O–H groups in total. The van der Waals surface area contributed by atoms with Crippen molar-refractivity contribution >= 4 is 22.6 Å². The Hall–Kier alpha value is 0.530. The summed E-state index contributed by atoms with van der Waals surface area (Å²) in [5.41, 5.74) is 0. The lowest BCUT2D eigenvalue weighted by atomic mass is 10.0. The maximum atomic E-state index is 9.62. The summed E-state index contributed by atoms with van der Waals surface area (Å²) in [7, 11) is 0. The van der Waals surface area contributed by atoms with Gasteiger partial charge in [-0.25, -0.2) is 0 Å². The molecule has 0 radical (unpaired) electrons. The summed E-state index contributed by atoms with van der Waals surface area (Å²) in [5.74, 6) is 0. The predicted octanol–water partition coefficient (Wildman–Crippen LogP) is -0.735. The van der Waals surface area contributed by atoms with Gasteiger partial charge in [-0.15, -0.1) is 0 Å². The van der Waals surface area contributed by atoms with Crippen LogP contribution in [-0.2, 0) is 9.47 Å². The number of halogens is 1. The highest BCUT2D eigenvalue weighted by molar-refractivity contribution is 14.1. The fourth-order valence-electron chi connectivity index (χ4n) is 1.34. The molecule has 1 aliphatic rings. The Balaban J connectivity index is 2.63. The number of hydrogen-bond acceptors (Lipinski definition) is 5. The summed E-state index contributed by atoms with van der Waals surface area (Å²) < 4.78 is 10.1. The second kappa shape index (κ2) is 5.57. The lowest BCUT2D eigenvalue weighted by molar-refractivity contribution is -0.264. The molecule has 5 nitrogen and oxygen atoms in total. The molecule has 0 saturated carbocycles. The zero-order valence-corrected chi connectivity index (χ0v) is 9.99. The Morgan fingerprint density at radius 1 is 1.36 bits per heavy atom. The molecule has 6 heteroatoms. The number of rotatable bonds is 3. The van der Waals surface area contributed by atoms with Gasteiger partial charge in [0.25, 0.3) is 0 Å². The molecule has 14 heavy (non-hydrogen) atoms. The maximum Gasteiger partial charge on any atom is 0.186 e. The highest BCUT2D eigenvalue weighted by atomic mass is 123. The molecule has 1 rings (SSSR count). The van der Waals surface area contributed by atoms with Crippen LogP contribution in [0, 0.1) is 0 Å². The van der Waals surface area contributed by atoms with Crippen molar-refractivity contribution in [3.63, 3.8) is 0 Å². The van der Waals surface area contributed by atoms with Gasteiger partial charge in [0.15, 0.2) is 6.29 Å². The van der Waals surface area contributed by atoms with E-state index < -0.39 is 24.6 Å². The number of alkyl halides is 1. The Morgan fingerprint density at radius 3 is 2.50 bits per heavy atom. The van der Waals surface area contributed by atoms with Crippen molar-refractivity contribution in [1.82, 2.24) is 0 Å². The SMILES string of the molecule is CCOC1O[C@H](CO)[C@@H]([123I])[C@H](O)[C@@H]1O. The Labute approximate surface area is 96.2 Å². The van der Waals surface area contributed by atoms with Crippen LogP contribution in [0.15, 0.2) is 0 Å². The molecule has 1 aliphatic heterocycles. The van der Waals surface area contributed by atoms with Crippen molar-refractivity contribution in [3.05, 3.63) is 0 Å². The van der Waals surface area contributed by atoms with Crippen LogP contribution in [0.2, 0.25) is 0 Å². The quantitative estimate of drug-likeness (QED) is 0.473. The lowest BCUT2D eigenvalue weighted by Gasteiger charge is -2.39. The Kier molecular flexibility index (Phi) is 5.01. The zero-order valence-electron chi connectivity index (χ0n) is 7.84. The average molecular weight is 314 g/mol. The van der Waals surface area contributed by atoms with Crippen molar-refractivity contribution in [2.75, 3.05) is 13.2 Å². The summed E-state index contributed by atoms with van der Waals surface area (Å²) in [6.45, 7) is 1.96. The molecular weight excluding hydrogens is 299 g/mol. The maximum absolute atomic E-state index is 9.62. The molecule has 0 aromatic carbocycles. The monoisotopic (exact) mass is 314 g/mol. The second-order valence-corrected chi connectivity index (χ2v) is 4.54. The molecule has 1 heterocycles. The first-order valence-electron chi connectivity index (χ1n) is 4.50. The van der Waals surface area contributed by atoms with Crippen LogP contribution < -0.4 is 0 Å². The van der Waals surface area contributed by atoms with Gasteiger partial charge in [0.05, 0.1) is 22.7 Å². The van der Waals surface area contributed by atoms with E-state index in [-0.39, 0.29) is 10.5 Å². The van der Waals surface area contributed by atoms with Gasteiger partial charge in [-0.05, 0) is 6.92 Å². The van der Waals surface area contributed by atoms with E-state index in [1.54, 1.807) is 6.92 Å². The first-order valence-corrected chi connectivity index (χ1v) is 5.74. The predicted molar refractivity (Wildman–Crippen MR) is 57.2 cm³/mol. The van der Waals surface area contributed by atoms with Gasteiger partial charge >= 0.3 is 0 Å². The van der Waals surface area contributed by atoms with Crippen molar-refractivity contribution in [1.29, 1.82) is 0 Å². The van der Waals surface area contributed by atoms with E-state index in [4.69, 9.17) is 14.6 Å². The minimum Gasteiger partial charge on any atom is -0.394 e. The first kappa shape index (κ1) is 12.6. The van der Waals surface area contributed by atoms with E-state index in [0.717, 1.165) is 0 Å². The number of aliphatic hydroxyl groups is 3. The summed E-state index contributed by atoms with van der Waals surface area (Å²) in [4.78, 5) is 0. The van der Waals surface area contributed by atoms with E-state index in [2.05, 4.69) is 0 Å². The average Bonchev–Trinajstić information content (AvgIpc) is 2.19. The number of hydrogen-bond donors (Lipinski definition) is 3. The van der Waals surface area contributed by atoms with Gasteiger partial charge in [-0.2, -0.15) is 0 Å². The van der Waals surface area contributed by atoms with Gasteiger partial charge < -0.3 is 24.8 Å².